The van der Waals surface area contributed by atoms with Gasteiger partial charge in [0, 0.05) is 36.4 Å². The average molecular weight is 359 g/mol. The second-order valence-electron chi connectivity index (χ2n) is 6.55. The molecule has 2 N–H and O–H groups in total. The lowest BCUT2D eigenvalue weighted by Gasteiger charge is -2.23. The molecule has 3 rings (SSSR count). The lowest BCUT2D eigenvalue weighted by Crippen LogP contribution is -2.39. The fourth-order valence-corrected chi connectivity index (χ4v) is 4.00. The van der Waals surface area contributed by atoms with Gasteiger partial charge in [-0.3, -0.25) is 4.68 Å². The second kappa shape index (κ2) is 8.43. The number of hydrogen-bond donors (Lipinski definition) is 2. The monoisotopic (exact) mass is 358 g/mol. The number of carbonyl (C=O) groups is 1. The van der Waals surface area contributed by atoms with Crippen LogP contribution >= 0.6 is 11.8 Å². The van der Waals surface area contributed by atoms with Gasteiger partial charge in [0.1, 0.15) is 0 Å². The van der Waals surface area contributed by atoms with Gasteiger partial charge in [-0.05, 0) is 31.7 Å². The van der Waals surface area contributed by atoms with Crippen molar-refractivity contribution in [3.63, 3.8) is 0 Å². The van der Waals surface area contributed by atoms with Crippen LogP contribution in [0.2, 0.25) is 0 Å². The Morgan fingerprint density at radius 3 is 2.96 bits per heavy atom. The maximum absolute atomic E-state index is 12.1. The van der Waals surface area contributed by atoms with Crippen LogP contribution in [0.25, 0.3) is 0 Å². The molecule has 2 amide bonds. The topological polar surface area (TPSA) is 59.0 Å². The predicted octanol–water partition coefficient (Wildman–Crippen LogP) is 3.34. The number of thioether (sulfide) groups is 1. The van der Waals surface area contributed by atoms with E-state index in [2.05, 4.69) is 46.9 Å². The number of carbonyl (C=O) groups excluding carboxylic acids is 1. The number of aromatic nitrogens is 2. The molecule has 1 aromatic carbocycles. The Balaban J connectivity index is 1.37. The molecule has 1 unspecified atom stereocenters. The Labute approximate surface area is 153 Å². The molecular formula is C19H26N4OS. The van der Waals surface area contributed by atoms with Crippen LogP contribution in [0.1, 0.15) is 41.3 Å². The molecule has 0 bridgehead atoms. The van der Waals surface area contributed by atoms with Crippen molar-refractivity contribution < 1.29 is 4.79 Å². The van der Waals surface area contributed by atoms with Crippen LogP contribution in [0.3, 0.4) is 0 Å². The van der Waals surface area contributed by atoms with Crippen molar-refractivity contribution in [2.75, 3.05) is 12.3 Å². The van der Waals surface area contributed by atoms with Crippen molar-refractivity contribution in [2.24, 2.45) is 7.05 Å². The van der Waals surface area contributed by atoms with E-state index in [0.29, 0.717) is 6.54 Å². The molecule has 1 heterocycles. The van der Waals surface area contributed by atoms with Gasteiger partial charge in [-0.15, -0.1) is 0 Å². The molecule has 0 aliphatic heterocycles. The fourth-order valence-electron chi connectivity index (χ4n) is 3.18. The number of fused-ring (bicyclic) bond motifs is 1. The summed E-state index contributed by atoms with van der Waals surface area (Å²) in [5.74, 6) is 1.88. The maximum atomic E-state index is 12.1. The van der Waals surface area contributed by atoms with Crippen molar-refractivity contribution in [3.05, 3.63) is 52.8 Å². The molecule has 1 aliphatic rings. The van der Waals surface area contributed by atoms with Gasteiger partial charge in [0.25, 0.3) is 0 Å². The highest BCUT2D eigenvalue weighted by Gasteiger charge is 2.24. The number of benzene rings is 1. The molecule has 0 fully saturated rings. The van der Waals surface area contributed by atoms with E-state index in [1.165, 1.54) is 16.8 Å². The zero-order valence-corrected chi connectivity index (χ0v) is 15.7. The first-order valence-corrected chi connectivity index (χ1v) is 9.97. The first-order valence-electron chi connectivity index (χ1n) is 8.82. The highest BCUT2D eigenvalue weighted by atomic mass is 32.2. The number of nitrogens with zero attached hydrogens (tertiary/aromatic N) is 2. The number of urea groups is 1. The molecule has 1 aliphatic carbocycles. The van der Waals surface area contributed by atoms with E-state index in [4.69, 9.17) is 0 Å². The molecule has 25 heavy (non-hydrogen) atoms. The maximum Gasteiger partial charge on any atom is 0.315 e. The molecular weight excluding hydrogens is 332 g/mol. The van der Waals surface area contributed by atoms with Crippen molar-refractivity contribution in [1.82, 2.24) is 20.4 Å². The van der Waals surface area contributed by atoms with Gasteiger partial charge in [0.05, 0.1) is 12.2 Å². The molecule has 6 heteroatoms. The van der Waals surface area contributed by atoms with Crippen molar-refractivity contribution in [1.29, 1.82) is 0 Å². The lowest BCUT2D eigenvalue weighted by molar-refractivity contribution is 0.236. The summed E-state index contributed by atoms with van der Waals surface area (Å²) < 4.78 is 1.92. The minimum Gasteiger partial charge on any atom is -0.337 e. The quantitative estimate of drug-likeness (QED) is 0.779. The summed E-state index contributed by atoms with van der Waals surface area (Å²) in [7, 11) is 1.96. The molecule has 0 saturated heterocycles. The van der Waals surface area contributed by atoms with Crippen LogP contribution in [0, 0.1) is 6.92 Å². The van der Waals surface area contributed by atoms with E-state index in [-0.39, 0.29) is 12.1 Å². The molecule has 2 aromatic rings. The molecule has 1 aromatic heterocycles. The highest BCUT2D eigenvalue weighted by molar-refractivity contribution is 7.98. The summed E-state index contributed by atoms with van der Waals surface area (Å²) in [4.78, 5) is 12.1. The smallest absolute Gasteiger partial charge is 0.315 e. The SMILES string of the molecule is Cc1ccc(CSCCNC(=O)NC2CCCc3c2cnn3C)cc1. The van der Waals surface area contributed by atoms with E-state index in [9.17, 15) is 4.79 Å². The van der Waals surface area contributed by atoms with Crippen molar-refractivity contribution in [3.8, 4) is 0 Å². The minimum absolute atomic E-state index is 0.0812. The zero-order chi connectivity index (χ0) is 17.6. The number of nitrogens with one attached hydrogen (secondary N) is 2. The fraction of sp³-hybridized carbons (Fsp3) is 0.474. The third-order valence-corrected chi connectivity index (χ3v) is 5.63. The molecule has 0 radical (unpaired) electrons. The van der Waals surface area contributed by atoms with Crippen LogP contribution in [-0.2, 0) is 19.2 Å². The molecule has 5 nitrogen and oxygen atoms in total. The average Bonchev–Trinajstić information content (AvgIpc) is 2.99. The largest absolute Gasteiger partial charge is 0.337 e. The number of aryl methyl sites for hydroxylation is 2. The lowest BCUT2D eigenvalue weighted by atomic mass is 9.93. The predicted molar refractivity (Wildman–Crippen MR) is 103 cm³/mol. The number of hydrogen-bond acceptors (Lipinski definition) is 3. The van der Waals surface area contributed by atoms with E-state index in [0.717, 1.165) is 36.3 Å². The molecule has 0 saturated carbocycles. The van der Waals surface area contributed by atoms with Crippen LogP contribution in [0.4, 0.5) is 4.79 Å². The standard InChI is InChI=1S/C19H26N4OS/c1-14-6-8-15(9-7-14)13-25-11-10-20-19(24)22-17-4-3-5-18-16(17)12-21-23(18)2/h6-9,12,17H,3-5,10-11,13H2,1-2H3,(H2,20,22,24). The molecule has 134 valence electrons. The van der Waals surface area contributed by atoms with E-state index in [1.807, 2.05) is 29.7 Å². The van der Waals surface area contributed by atoms with E-state index in [1.54, 1.807) is 0 Å². The van der Waals surface area contributed by atoms with Gasteiger partial charge in [-0.2, -0.15) is 16.9 Å². The van der Waals surface area contributed by atoms with E-state index < -0.39 is 0 Å². The third-order valence-electron chi connectivity index (χ3n) is 4.60. The second-order valence-corrected chi connectivity index (χ2v) is 7.66. The Morgan fingerprint density at radius 2 is 2.16 bits per heavy atom. The van der Waals surface area contributed by atoms with Gasteiger partial charge >= 0.3 is 6.03 Å². The minimum atomic E-state index is -0.0855. The Morgan fingerprint density at radius 1 is 1.36 bits per heavy atom. The summed E-state index contributed by atoms with van der Waals surface area (Å²) in [6.45, 7) is 2.77. The van der Waals surface area contributed by atoms with Gasteiger partial charge in [0.2, 0.25) is 0 Å². The Kier molecular flexibility index (Phi) is 6.02. The zero-order valence-electron chi connectivity index (χ0n) is 14.9. The Hall–Kier alpha value is -1.95. The summed E-state index contributed by atoms with van der Waals surface area (Å²) in [5.41, 5.74) is 5.01. The van der Waals surface area contributed by atoms with Crippen molar-refractivity contribution >= 4 is 17.8 Å². The van der Waals surface area contributed by atoms with E-state index >= 15 is 0 Å². The Bertz CT molecular complexity index is 711. The van der Waals surface area contributed by atoms with Crippen LogP contribution < -0.4 is 10.6 Å². The van der Waals surface area contributed by atoms with Gasteiger partial charge < -0.3 is 10.6 Å². The molecule has 1 atom stereocenters. The number of amides is 2. The normalized spacial score (nSPS) is 16.3. The highest BCUT2D eigenvalue weighted by Crippen LogP contribution is 2.28. The third kappa shape index (κ3) is 4.78. The number of rotatable bonds is 6. The summed E-state index contributed by atoms with van der Waals surface area (Å²) in [6, 6.07) is 8.60. The van der Waals surface area contributed by atoms with Crippen molar-refractivity contribution in [2.45, 2.75) is 38.0 Å². The summed E-state index contributed by atoms with van der Waals surface area (Å²) >= 11 is 1.84. The van der Waals surface area contributed by atoms with Gasteiger partial charge in [0.15, 0.2) is 0 Å². The summed E-state index contributed by atoms with van der Waals surface area (Å²) in [6.07, 6.45) is 5.00. The first-order chi connectivity index (χ1) is 12.1. The van der Waals surface area contributed by atoms with Crippen LogP contribution in [0.15, 0.2) is 30.5 Å². The van der Waals surface area contributed by atoms with Crippen LogP contribution in [0.5, 0.6) is 0 Å². The van der Waals surface area contributed by atoms with Gasteiger partial charge in [-0.25, -0.2) is 4.79 Å². The van der Waals surface area contributed by atoms with Crippen LogP contribution in [-0.4, -0.2) is 28.1 Å². The molecule has 0 spiro atoms. The first kappa shape index (κ1) is 17.9. The van der Waals surface area contributed by atoms with Gasteiger partial charge in [-0.1, -0.05) is 29.8 Å². The summed E-state index contributed by atoms with van der Waals surface area (Å²) in [5, 5.41) is 10.4.